The molecule has 2 aromatic carbocycles. The Balaban J connectivity index is 2.36. The van der Waals surface area contributed by atoms with Crippen LogP contribution in [0.1, 0.15) is 29.8 Å². The smallest absolute Gasteiger partial charge is 0.340 e. The van der Waals surface area contributed by atoms with E-state index < -0.39 is 23.8 Å². The Hall–Kier alpha value is -2.17. The van der Waals surface area contributed by atoms with Crippen LogP contribution in [-0.2, 0) is 10.5 Å². The highest BCUT2D eigenvalue weighted by molar-refractivity contribution is 5.89. The van der Waals surface area contributed by atoms with E-state index in [4.69, 9.17) is 4.74 Å². The van der Waals surface area contributed by atoms with Gasteiger partial charge in [-0.3, -0.25) is 0 Å². The fourth-order valence-corrected chi connectivity index (χ4v) is 2.19. The third kappa shape index (κ3) is 3.35. The van der Waals surface area contributed by atoms with Gasteiger partial charge in [-0.05, 0) is 19.1 Å². The molecule has 2 rings (SSSR count). The number of aliphatic hydroxyl groups is 2. The van der Waals surface area contributed by atoms with Crippen molar-refractivity contribution in [1.82, 2.24) is 0 Å². The summed E-state index contributed by atoms with van der Waals surface area (Å²) in [6.07, 6.45) is -0.853. The van der Waals surface area contributed by atoms with Gasteiger partial charge in [0.1, 0.15) is 0 Å². The van der Waals surface area contributed by atoms with E-state index in [1.165, 1.54) is 0 Å². The van der Waals surface area contributed by atoms with Gasteiger partial charge in [0.25, 0.3) is 0 Å². The van der Waals surface area contributed by atoms with Gasteiger partial charge in [0.05, 0.1) is 17.6 Å². The van der Waals surface area contributed by atoms with Crippen molar-refractivity contribution in [2.24, 2.45) is 5.92 Å². The largest absolute Gasteiger partial charge is 0.425 e. The minimum atomic E-state index is -1.90. The second-order valence-electron chi connectivity index (χ2n) is 5.35. The van der Waals surface area contributed by atoms with Crippen LogP contribution in [0.25, 0.3) is 0 Å². The second kappa shape index (κ2) is 6.73. The Kier molecular flexibility index (Phi) is 4.96. The van der Waals surface area contributed by atoms with E-state index >= 15 is 0 Å². The van der Waals surface area contributed by atoms with Crippen molar-refractivity contribution < 1.29 is 19.7 Å². The fourth-order valence-electron chi connectivity index (χ4n) is 2.19. The standard InChI is InChI=1S/C18H20O4/c1-13(14(2)19)18(21,16-11-7-4-8-12-16)22-17(20)15-9-5-3-6-10-15/h3-14,19,21H,1-2H3. The molecule has 0 bridgehead atoms. The monoisotopic (exact) mass is 300 g/mol. The molecule has 0 fully saturated rings. The molecule has 0 radical (unpaired) electrons. The summed E-state index contributed by atoms with van der Waals surface area (Å²) in [6.45, 7) is 3.19. The lowest BCUT2D eigenvalue weighted by molar-refractivity contribution is -0.224. The van der Waals surface area contributed by atoms with Gasteiger partial charge < -0.3 is 14.9 Å². The number of benzene rings is 2. The predicted octanol–water partition coefficient (Wildman–Crippen LogP) is 2.71. The first-order valence-corrected chi connectivity index (χ1v) is 7.19. The number of ether oxygens (including phenoxy) is 1. The van der Waals surface area contributed by atoms with Crippen LogP contribution >= 0.6 is 0 Å². The van der Waals surface area contributed by atoms with Gasteiger partial charge in [-0.1, -0.05) is 55.5 Å². The van der Waals surface area contributed by atoms with E-state index in [0.29, 0.717) is 11.1 Å². The molecule has 0 saturated carbocycles. The summed E-state index contributed by atoms with van der Waals surface area (Å²) in [6, 6.07) is 17.1. The van der Waals surface area contributed by atoms with E-state index in [9.17, 15) is 15.0 Å². The molecule has 2 N–H and O–H groups in total. The Morgan fingerprint density at radius 3 is 2.00 bits per heavy atom. The van der Waals surface area contributed by atoms with Crippen LogP contribution in [0.15, 0.2) is 60.7 Å². The molecule has 0 spiro atoms. The van der Waals surface area contributed by atoms with Crippen LogP contribution in [-0.4, -0.2) is 22.3 Å². The third-order valence-corrected chi connectivity index (χ3v) is 3.79. The number of rotatable bonds is 5. The maximum Gasteiger partial charge on any atom is 0.340 e. The summed E-state index contributed by atoms with van der Waals surface area (Å²) in [5.41, 5.74) is 0.766. The number of carbonyl (C=O) groups is 1. The van der Waals surface area contributed by atoms with E-state index in [2.05, 4.69) is 0 Å². The zero-order chi connectivity index (χ0) is 16.2. The summed E-state index contributed by atoms with van der Waals surface area (Å²) in [5.74, 6) is -3.23. The molecule has 3 unspecified atom stereocenters. The lowest BCUT2D eigenvalue weighted by Gasteiger charge is -2.35. The predicted molar refractivity (Wildman–Crippen MR) is 83.0 cm³/mol. The maximum absolute atomic E-state index is 12.3. The fraction of sp³-hybridized carbons (Fsp3) is 0.278. The lowest BCUT2D eigenvalue weighted by Crippen LogP contribution is -2.43. The first kappa shape index (κ1) is 16.2. The van der Waals surface area contributed by atoms with Crippen molar-refractivity contribution in [3.05, 3.63) is 71.8 Å². The van der Waals surface area contributed by atoms with Crippen molar-refractivity contribution in [3.8, 4) is 0 Å². The van der Waals surface area contributed by atoms with Gasteiger partial charge >= 0.3 is 5.97 Å². The highest BCUT2D eigenvalue weighted by atomic mass is 16.7. The quantitative estimate of drug-likeness (QED) is 0.658. The van der Waals surface area contributed by atoms with Gasteiger partial charge in [0, 0.05) is 5.56 Å². The lowest BCUT2D eigenvalue weighted by atomic mass is 9.89. The summed E-state index contributed by atoms with van der Waals surface area (Å²) in [4.78, 5) is 12.3. The van der Waals surface area contributed by atoms with Gasteiger partial charge in [-0.2, -0.15) is 0 Å². The van der Waals surface area contributed by atoms with E-state index in [-0.39, 0.29) is 0 Å². The van der Waals surface area contributed by atoms with Crippen molar-refractivity contribution in [3.63, 3.8) is 0 Å². The molecule has 22 heavy (non-hydrogen) atoms. The number of aliphatic hydroxyl groups excluding tert-OH is 1. The Labute approximate surface area is 130 Å². The number of esters is 1. The zero-order valence-electron chi connectivity index (χ0n) is 12.6. The summed E-state index contributed by atoms with van der Waals surface area (Å²) < 4.78 is 5.39. The summed E-state index contributed by atoms with van der Waals surface area (Å²) in [5, 5.41) is 20.8. The minimum Gasteiger partial charge on any atom is -0.425 e. The molecule has 0 amide bonds. The molecule has 0 aliphatic heterocycles. The molecular formula is C18H20O4. The average molecular weight is 300 g/mol. The Bertz CT molecular complexity index is 609. The van der Waals surface area contributed by atoms with Crippen LogP contribution in [0.2, 0.25) is 0 Å². The molecule has 116 valence electrons. The van der Waals surface area contributed by atoms with Gasteiger partial charge in [0.15, 0.2) is 0 Å². The number of carbonyl (C=O) groups excluding carboxylic acids is 1. The molecule has 0 aliphatic rings. The van der Waals surface area contributed by atoms with Crippen molar-refractivity contribution in [1.29, 1.82) is 0 Å². The number of hydrogen-bond acceptors (Lipinski definition) is 4. The molecule has 3 atom stereocenters. The normalized spacial score (nSPS) is 16.4. The SMILES string of the molecule is CC(O)C(C)C(O)(OC(=O)c1ccccc1)c1ccccc1. The third-order valence-electron chi connectivity index (χ3n) is 3.79. The van der Waals surface area contributed by atoms with Crippen LogP contribution in [0.4, 0.5) is 0 Å². The van der Waals surface area contributed by atoms with Crippen molar-refractivity contribution in [2.75, 3.05) is 0 Å². The van der Waals surface area contributed by atoms with E-state index in [1.54, 1.807) is 74.5 Å². The molecule has 4 nitrogen and oxygen atoms in total. The van der Waals surface area contributed by atoms with Gasteiger partial charge in [0.2, 0.25) is 5.79 Å². The summed E-state index contributed by atoms with van der Waals surface area (Å²) >= 11 is 0. The van der Waals surface area contributed by atoms with E-state index in [1.807, 2.05) is 0 Å². The van der Waals surface area contributed by atoms with Crippen molar-refractivity contribution >= 4 is 5.97 Å². The molecule has 2 aromatic rings. The van der Waals surface area contributed by atoms with Crippen LogP contribution in [0.3, 0.4) is 0 Å². The molecule has 0 aromatic heterocycles. The van der Waals surface area contributed by atoms with Gasteiger partial charge in [-0.15, -0.1) is 0 Å². The first-order valence-electron chi connectivity index (χ1n) is 7.19. The highest BCUT2D eigenvalue weighted by Crippen LogP contribution is 2.34. The molecule has 0 heterocycles. The van der Waals surface area contributed by atoms with E-state index in [0.717, 1.165) is 0 Å². The highest BCUT2D eigenvalue weighted by Gasteiger charge is 2.42. The number of hydrogen-bond donors (Lipinski definition) is 2. The van der Waals surface area contributed by atoms with Crippen molar-refractivity contribution in [2.45, 2.75) is 25.7 Å². The zero-order valence-corrected chi connectivity index (χ0v) is 12.6. The average Bonchev–Trinajstić information content (AvgIpc) is 2.55. The molecule has 0 aliphatic carbocycles. The van der Waals surface area contributed by atoms with Crippen LogP contribution < -0.4 is 0 Å². The van der Waals surface area contributed by atoms with Gasteiger partial charge in [-0.25, -0.2) is 4.79 Å². The first-order chi connectivity index (χ1) is 10.4. The maximum atomic E-state index is 12.3. The molecular weight excluding hydrogens is 280 g/mol. The topological polar surface area (TPSA) is 66.8 Å². The minimum absolute atomic E-state index is 0.342. The second-order valence-corrected chi connectivity index (χ2v) is 5.35. The molecule has 4 heteroatoms. The molecule has 0 saturated heterocycles. The van der Waals surface area contributed by atoms with Crippen LogP contribution in [0.5, 0.6) is 0 Å². The Morgan fingerprint density at radius 2 is 1.50 bits per heavy atom. The Morgan fingerprint density at radius 1 is 1.00 bits per heavy atom. The van der Waals surface area contributed by atoms with Crippen LogP contribution in [0, 0.1) is 5.92 Å². The summed E-state index contributed by atoms with van der Waals surface area (Å²) in [7, 11) is 0.